The molecule has 5 nitrogen and oxygen atoms in total. The number of rotatable bonds is 3. The second-order valence-corrected chi connectivity index (χ2v) is 2.02. The molecule has 0 spiro atoms. The molecule has 0 heterocycles. The van der Waals surface area contributed by atoms with Crippen molar-refractivity contribution < 1.29 is 9.53 Å². The van der Waals surface area contributed by atoms with Gasteiger partial charge in [0, 0.05) is 0 Å². The highest BCUT2D eigenvalue weighted by atomic mass is 16.5. The van der Waals surface area contributed by atoms with E-state index in [1.807, 2.05) is 0 Å². The molecule has 0 amide bonds. The minimum Gasteiger partial charge on any atom is -0.461 e. The third-order valence-electron chi connectivity index (χ3n) is 1.16. The Labute approximate surface area is 77.0 Å². The Morgan fingerprint density at radius 2 is 2.31 bits per heavy atom. The van der Waals surface area contributed by atoms with Crippen LogP contribution in [0.5, 0.6) is 0 Å². The molecule has 5 heteroatoms. The molecular weight excluding hydrogens is 170 g/mol. The van der Waals surface area contributed by atoms with E-state index in [1.165, 1.54) is 6.08 Å². The Bertz CT molecular complexity index is 256. The maximum absolute atomic E-state index is 11.1. The first-order chi connectivity index (χ1) is 6.15. The van der Waals surface area contributed by atoms with Gasteiger partial charge in [-0.25, -0.2) is 14.8 Å². The van der Waals surface area contributed by atoms with Gasteiger partial charge in [-0.05, 0) is 20.6 Å². The Hall–Kier alpha value is -1.65. The maximum Gasteiger partial charge on any atom is 0.356 e. The van der Waals surface area contributed by atoms with Gasteiger partial charge < -0.3 is 10.5 Å². The van der Waals surface area contributed by atoms with Crippen molar-refractivity contribution in [3.8, 4) is 0 Å². The van der Waals surface area contributed by atoms with E-state index in [9.17, 15) is 4.79 Å². The lowest BCUT2D eigenvalue weighted by atomic mass is 10.4. The van der Waals surface area contributed by atoms with Gasteiger partial charge in [0.05, 0.1) is 6.61 Å². The highest BCUT2D eigenvalue weighted by Gasteiger charge is 2.07. The van der Waals surface area contributed by atoms with Crippen LogP contribution in [0.1, 0.15) is 13.8 Å². The number of hydrogen-bond acceptors (Lipinski definition) is 3. The Balaban J connectivity index is 4.54. The average molecular weight is 183 g/mol. The van der Waals surface area contributed by atoms with Crippen LogP contribution in [-0.4, -0.2) is 25.3 Å². The van der Waals surface area contributed by atoms with E-state index in [0.29, 0.717) is 6.61 Å². The first kappa shape index (κ1) is 11.4. The number of aliphatic imine (C=N–C) groups is 2. The lowest BCUT2D eigenvalue weighted by Crippen LogP contribution is -2.12. The third kappa shape index (κ3) is 4.05. The summed E-state index contributed by atoms with van der Waals surface area (Å²) in [7, 11) is 0. The molecule has 0 aliphatic heterocycles. The number of ether oxygens (including phenoxy) is 1. The Kier molecular flexibility index (Phi) is 5.18. The van der Waals surface area contributed by atoms with Gasteiger partial charge in [-0.3, -0.25) is 0 Å². The summed E-state index contributed by atoms with van der Waals surface area (Å²) in [6.07, 6.45) is 1.50. The van der Waals surface area contributed by atoms with Crippen molar-refractivity contribution in [3.63, 3.8) is 0 Å². The molecule has 72 valence electrons. The van der Waals surface area contributed by atoms with Crippen LogP contribution >= 0.6 is 0 Å². The van der Waals surface area contributed by atoms with Crippen LogP contribution < -0.4 is 5.73 Å². The van der Waals surface area contributed by atoms with Crippen molar-refractivity contribution >= 4 is 18.6 Å². The zero-order valence-corrected chi connectivity index (χ0v) is 7.78. The first-order valence-corrected chi connectivity index (χ1v) is 3.80. The van der Waals surface area contributed by atoms with Gasteiger partial charge >= 0.3 is 5.97 Å². The second kappa shape index (κ2) is 5.93. The van der Waals surface area contributed by atoms with Gasteiger partial charge in [-0.2, -0.15) is 0 Å². The van der Waals surface area contributed by atoms with Crippen molar-refractivity contribution in [2.75, 3.05) is 6.61 Å². The molecule has 0 radical (unpaired) electrons. The van der Waals surface area contributed by atoms with E-state index in [-0.39, 0.29) is 11.7 Å². The van der Waals surface area contributed by atoms with E-state index < -0.39 is 5.97 Å². The molecule has 0 aliphatic carbocycles. The highest BCUT2D eigenvalue weighted by molar-refractivity contribution is 5.93. The van der Waals surface area contributed by atoms with E-state index >= 15 is 0 Å². The number of esters is 1. The van der Waals surface area contributed by atoms with Crippen molar-refractivity contribution in [1.29, 1.82) is 0 Å². The normalized spacial score (nSPS) is 12.5. The van der Waals surface area contributed by atoms with Crippen LogP contribution in [0, 0.1) is 0 Å². The van der Waals surface area contributed by atoms with Crippen LogP contribution in [-0.2, 0) is 9.53 Å². The van der Waals surface area contributed by atoms with Crippen LogP contribution in [0.25, 0.3) is 0 Å². The molecule has 13 heavy (non-hydrogen) atoms. The summed E-state index contributed by atoms with van der Waals surface area (Å²) >= 11 is 0. The topological polar surface area (TPSA) is 77.0 Å². The molecule has 0 saturated carbocycles. The summed E-state index contributed by atoms with van der Waals surface area (Å²) in [5.41, 5.74) is 5.39. The van der Waals surface area contributed by atoms with Gasteiger partial charge in [-0.1, -0.05) is 6.08 Å². The zero-order valence-electron chi connectivity index (χ0n) is 7.78. The summed E-state index contributed by atoms with van der Waals surface area (Å²) in [5, 5.41) is 0. The van der Waals surface area contributed by atoms with Crippen molar-refractivity contribution in [3.05, 3.63) is 11.8 Å². The zero-order chi connectivity index (χ0) is 10.3. The number of carbonyl (C=O) groups excluding carboxylic acids is 1. The highest BCUT2D eigenvalue weighted by Crippen LogP contribution is 2.00. The van der Waals surface area contributed by atoms with Crippen molar-refractivity contribution in [2.45, 2.75) is 13.8 Å². The molecule has 0 aliphatic rings. The fourth-order valence-electron chi connectivity index (χ4n) is 0.592. The van der Waals surface area contributed by atoms with E-state index in [1.54, 1.807) is 13.8 Å². The molecule has 0 atom stereocenters. The summed E-state index contributed by atoms with van der Waals surface area (Å²) in [6, 6.07) is 0. The maximum atomic E-state index is 11.1. The standard InChI is InChI=1S/C8H13N3O2/c1-4-6(7(12)13-5-2)11-8(9)10-3/h4H,3,5H2,1-2H3,(H2,9,11)/b6-4-. The number of guanidine groups is 1. The lowest BCUT2D eigenvalue weighted by molar-refractivity contribution is -0.138. The monoisotopic (exact) mass is 183 g/mol. The van der Waals surface area contributed by atoms with Gasteiger partial charge in [0.25, 0.3) is 0 Å². The summed E-state index contributed by atoms with van der Waals surface area (Å²) in [5.74, 6) is -0.572. The first-order valence-electron chi connectivity index (χ1n) is 3.80. The van der Waals surface area contributed by atoms with E-state index in [4.69, 9.17) is 10.5 Å². The van der Waals surface area contributed by atoms with Gasteiger partial charge in [-0.15, -0.1) is 0 Å². The van der Waals surface area contributed by atoms with Crippen LogP contribution in [0.4, 0.5) is 0 Å². The van der Waals surface area contributed by atoms with Gasteiger partial charge in [0.1, 0.15) is 5.70 Å². The minimum atomic E-state index is -0.517. The summed E-state index contributed by atoms with van der Waals surface area (Å²) < 4.78 is 4.71. The second-order valence-electron chi connectivity index (χ2n) is 2.02. The number of nitrogens with zero attached hydrogens (tertiary/aromatic N) is 2. The molecule has 2 N–H and O–H groups in total. The predicted molar refractivity (Wildman–Crippen MR) is 51.6 cm³/mol. The minimum absolute atomic E-state index is 0.0545. The Morgan fingerprint density at radius 1 is 1.69 bits per heavy atom. The average Bonchev–Trinajstić information content (AvgIpc) is 2.14. The quantitative estimate of drug-likeness (QED) is 0.299. The summed E-state index contributed by atoms with van der Waals surface area (Å²) in [6.45, 7) is 6.84. The van der Waals surface area contributed by atoms with E-state index in [2.05, 4.69) is 16.7 Å². The number of hydrogen-bond donors (Lipinski definition) is 1. The largest absolute Gasteiger partial charge is 0.461 e. The molecule has 0 aromatic carbocycles. The van der Waals surface area contributed by atoms with Crippen LogP contribution in [0.15, 0.2) is 21.8 Å². The number of nitrogens with two attached hydrogens (primary N) is 1. The summed E-state index contributed by atoms with van der Waals surface area (Å²) in [4.78, 5) is 18.1. The fraction of sp³-hybridized carbons (Fsp3) is 0.375. The SMILES string of the molecule is C=NC(N)=N/C(=C\C)C(=O)OCC. The Morgan fingerprint density at radius 3 is 2.69 bits per heavy atom. The van der Waals surface area contributed by atoms with Crippen LogP contribution in [0.3, 0.4) is 0 Å². The van der Waals surface area contributed by atoms with Gasteiger partial charge in [0.15, 0.2) is 0 Å². The molecule has 0 rings (SSSR count). The smallest absolute Gasteiger partial charge is 0.356 e. The molecule has 0 bridgehead atoms. The molecular formula is C8H13N3O2. The predicted octanol–water partition coefficient (Wildman–Crippen LogP) is 0.469. The molecule has 0 fully saturated rings. The molecule has 0 aromatic heterocycles. The molecule has 0 unspecified atom stereocenters. The molecule has 0 aromatic rings. The molecule has 0 saturated heterocycles. The van der Waals surface area contributed by atoms with Crippen molar-refractivity contribution in [2.24, 2.45) is 15.7 Å². The number of carbonyl (C=O) groups is 1. The fourth-order valence-corrected chi connectivity index (χ4v) is 0.592. The van der Waals surface area contributed by atoms with Gasteiger partial charge in [0.2, 0.25) is 5.96 Å². The van der Waals surface area contributed by atoms with Crippen LogP contribution in [0.2, 0.25) is 0 Å². The third-order valence-corrected chi connectivity index (χ3v) is 1.16. The van der Waals surface area contributed by atoms with E-state index in [0.717, 1.165) is 0 Å². The lowest BCUT2D eigenvalue weighted by Gasteiger charge is -2.00. The van der Waals surface area contributed by atoms with Crippen molar-refractivity contribution in [1.82, 2.24) is 0 Å². The number of allylic oxidation sites excluding steroid dienone is 1.